The molecular formula is C16H22N2O. The molecular weight excluding hydrogens is 236 g/mol. The number of anilines is 1. The van der Waals surface area contributed by atoms with E-state index in [9.17, 15) is 4.79 Å². The summed E-state index contributed by atoms with van der Waals surface area (Å²) in [4.78, 5) is 12.3. The second kappa shape index (κ2) is 4.87. The summed E-state index contributed by atoms with van der Waals surface area (Å²) < 4.78 is 0. The van der Waals surface area contributed by atoms with Crippen LogP contribution in [-0.2, 0) is 11.2 Å². The first-order valence-corrected chi connectivity index (χ1v) is 7.30. The van der Waals surface area contributed by atoms with Gasteiger partial charge in [-0.15, -0.1) is 0 Å². The van der Waals surface area contributed by atoms with Crippen LogP contribution in [0.2, 0.25) is 0 Å². The van der Waals surface area contributed by atoms with E-state index >= 15 is 0 Å². The van der Waals surface area contributed by atoms with Crippen molar-refractivity contribution in [2.75, 3.05) is 5.32 Å². The van der Waals surface area contributed by atoms with E-state index in [2.05, 4.69) is 30.5 Å². The Balaban J connectivity index is 1.61. The number of hydrogen-bond acceptors (Lipinski definition) is 2. The third kappa shape index (κ3) is 2.34. The minimum atomic E-state index is -0.0968. The van der Waals surface area contributed by atoms with Crippen molar-refractivity contribution in [3.8, 4) is 0 Å². The Morgan fingerprint density at radius 2 is 2.05 bits per heavy atom. The van der Waals surface area contributed by atoms with Crippen LogP contribution < -0.4 is 10.6 Å². The number of benzene rings is 1. The Morgan fingerprint density at radius 1 is 1.26 bits per heavy atom. The van der Waals surface area contributed by atoms with Crippen LogP contribution in [0.5, 0.6) is 0 Å². The van der Waals surface area contributed by atoms with Crippen molar-refractivity contribution in [1.29, 1.82) is 0 Å². The van der Waals surface area contributed by atoms with Gasteiger partial charge in [-0.2, -0.15) is 0 Å². The second-order valence-corrected chi connectivity index (χ2v) is 6.09. The van der Waals surface area contributed by atoms with Crippen molar-refractivity contribution in [2.45, 2.75) is 45.2 Å². The summed E-state index contributed by atoms with van der Waals surface area (Å²) in [6.07, 6.45) is 3.15. The van der Waals surface area contributed by atoms with Gasteiger partial charge in [-0.25, -0.2) is 0 Å². The topological polar surface area (TPSA) is 41.1 Å². The zero-order valence-corrected chi connectivity index (χ0v) is 11.6. The monoisotopic (exact) mass is 258 g/mol. The molecule has 1 fully saturated rings. The zero-order chi connectivity index (χ0) is 13.4. The number of rotatable bonds is 2. The molecule has 0 spiro atoms. The van der Waals surface area contributed by atoms with Gasteiger partial charge in [-0.1, -0.05) is 32.0 Å². The fraction of sp³-hybridized carbons (Fsp3) is 0.562. The summed E-state index contributed by atoms with van der Waals surface area (Å²) in [5.41, 5.74) is 2.35. The predicted octanol–water partition coefficient (Wildman–Crippen LogP) is 2.57. The van der Waals surface area contributed by atoms with Gasteiger partial charge in [0, 0.05) is 18.2 Å². The molecule has 4 unspecified atom stereocenters. The van der Waals surface area contributed by atoms with E-state index < -0.39 is 0 Å². The molecule has 19 heavy (non-hydrogen) atoms. The highest BCUT2D eigenvalue weighted by Crippen LogP contribution is 2.31. The van der Waals surface area contributed by atoms with Gasteiger partial charge in [0.2, 0.25) is 5.91 Å². The van der Waals surface area contributed by atoms with Gasteiger partial charge in [0.15, 0.2) is 0 Å². The lowest BCUT2D eigenvalue weighted by Crippen LogP contribution is -2.45. The smallest absolute Gasteiger partial charge is 0.243 e. The molecule has 1 saturated carbocycles. The fourth-order valence-electron chi connectivity index (χ4n) is 3.31. The number of carbonyl (C=O) groups excluding carboxylic acids is 1. The highest BCUT2D eigenvalue weighted by atomic mass is 16.2. The molecule has 1 heterocycles. The summed E-state index contributed by atoms with van der Waals surface area (Å²) in [6, 6.07) is 8.43. The quantitative estimate of drug-likeness (QED) is 0.856. The van der Waals surface area contributed by atoms with Crippen molar-refractivity contribution in [2.24, 2.45) is 11.8 Å². The first kappa shape index (κ1) is 12.5. The molecule has 0 saturated heterocycles. The third-order valence-electron chi connectivity index (χ3n) is 4.88. The lowest BCUT2D eigenvalue weighted by molar-refractivity contribution is -0.122. The summed E-state index contributed by atoms with van der Waals surface area (Å²) in [6.45, 7) is 4.53. The van der Waals surface area contributed by atoms with Crippen LogP contribution in [0.3, 0.4) is 0 Å². The summed E-state index contributed by atoms with van der Waals surface area (Å²) in [5.74, 6) is 1.47. The molecule has 3 heteroatoms. The third-order valence-corrected chi connectivity index (χ3v) is 4.88. The van der Waals surface area contributed by atoms with Gasteiger partial charge < -0.3 is 10.6 Å². The first-order valence-electron chi connectivity index (χ1n) is 7.30. The molecule has 1 aromatic carbocycles. The highest BCUT2D eigenvalue weighted by molar-refractivity contribution is 5.87. The fourth-order valence-corrected chi connectivity index (χ4v) is 3.31. The number of hydrogen-bond donors (Lipinski definition) is 2. The molecule has 2 aliphatic rings. The van der Waals surface area contributed by atoms with Crippen molar-refractivity contribution in [3.05, 3.63) is 29.8 Å². The first-order chi connectivity index (χ1) is 9.15. The number of fused-ring (bicyclic) bond motifs is 1. The molecule has 102 valence electrons. The van der Waals surface area contributed by atoms with E-state index in [-0.39, 0.29) is 11.9 Å². The van der Waals surface area contributed by atoms with E-state index in [0.29, 0.717) is 12.0 Å². The van der Waals surface area contributed by atoms with Crippen molar-refractivity contribution in [3.63, 3.8) is 0 Å². The van der Waals surface area contributed by atoms with Crippen LogP contribution >= 0.6 is 0 Å². The molecule has 0 aromatic heterocycles. The van der Waals surface area contributed by atoms with Crippen molar-refractivity contribution in [1.82, 2.24) is 5.32 Å². The van der Waals surface area contributed by atoms with E-state index in [0.717, 1.165) is 24.4 Å². The summed E-state index contributed by atoms with van der Waals surface area (Å²) in [7, 11) is 0. The van der Waals surface area contributed by atoms with Gasteiger partial charge >= 0.3 is 0 Å². The Bertz CT molecular complexity index is 460. The van der Waals surface area contributed by atoms with E-state index in [4.69, 9.17) is 0 Å². The number of carbonyl (C=O) groups is 1. The Labute approximate surface area is 114 Å². The van der Waals surface area contributed by atoms with Crippen LogP contribution in [0.15, 0.2) is 24.3 Å². The standard InChI is InChI=1S/C16H22N2O/c1-10-7-8-13(11(10)2)18-16(19)15-9-12-5-3-4-6-14(12)17-15/h3-6,10-11,13,15,17H,7-9H2,1-2H3,(H,18,19). The van der Waals surface area contributed by atoms with Crippen LogP contribution in [0.25, 0.3) is 0 Å². The number of amides is 1. The maximum atomic E-state index is 12.3. The minimum Gasteiger partial charge on any atom is -0.373 e. The largest absolute Gasteiger partial charge is 0.373 e. The Kier molecular flexibility index (Phi) is 3.21. The molecule has 3 rings (SSSR count). The van der Waals surface area contributed by atoms with E-state index in [1.807, 2.05) is 18.2 Å². The molecule has 3 nitrogen and oxygen atoms in total. The van der Waals surface area contributed by atoms with Gasteiger partial charge in [-0.05, 0) is 36.3 Å². The lowest BCUT2D eigenvalue weighted by atomic mass is 9.97. The van der Waals surface area contributed by atoms with Crippen molar-refractivity contribution >= 4 is 11.6 Å². The normalized spacial score (nSPS) is 32.7. The van der Waals surface area contributed by atoms with Gasteiger partial charge in [0.1, 0.15) is 6.04 Å². The molecule has 1 aliphatic carbocycles. The maximum Gasteiger partial charge on any atom is 0.243 e. The SMILES string of the molecule is CC1CCC(NC(=O)C2Cc3ccccc3N2)C1C. The minimum absolute atomic E-state index is 0.0968. The van der Waals surface area contributed by atoms with Crippen LogP contribution in [0.1, 0.15) is 32.3 Å². The zero-order valence-electron chi connectivity index (χ0n) is 11.6. The van der Waals surface area contributed by atoms with Crippen molar-refractivity contribution < 1.29 is 4.79 Å². The second-order valence-electron chi connectivity index (χ2n) is 6.09. The lowest BCUT2D eigenvalue weighted by Gasteiger charge is -2.22. The molecule has 2 N–H and O–H groups in total. The van der Waals surface area contributed by atoms with Gasteiger partial charge in [-0.3, -0.25) is 4.79 Å². The average Bonchev–Trinajstić information content (AvgIpc) is 2.97. The molecule has 0 bridgehead atoms. The molecule has 1 amide bonds. The van der Waals surface area contributed by atoms with Gasteiger partial charge in [0.25, 0.3) is 0 Å². The molecule has 0 radical (unpaired) electrons. The van der Waals surface area contributed by atoms with Gasteiger partial charge in [0.05, 0.1) is 0 Å². The van der Waals surface area contributed by atoms with Crippen LogP contribution in [0, 0.1) is 11.8 Å². The molecule has 4 atom stereocenters. The Hall–Kier alpha value is -1.51. The predicted molar refractivity (Wildman–Crippen MR) is 77.0 cm³/mol. The van der Waals surface area contributed by atoms with Crippen LogP contribution in [0.4, 0.5) is 5.69 Å². The maximum absolute atomic E-state index is 12.3. The van der Waals surface area contributed by atoms with Crippen LogP contribution in [-0.4, -0.2) is 18.0 Å². The Morgan fingerprint density at radius 3 is 2.74 bits per heavy atom. The highest BCUT2D eigenvalue weighted by Gasteiger charge is 2.33. The molecule has 1 aromatic rings. The average molecular weight is 258 g/mol. The van der Waals surface area contributed by atoms with E-state index in [1.54, 1.807) is 0 Å². The summed E-state index contributed by atoms with van der Waals surface area (Å²) >= 11 is 0. The number of nitrogens with one attached hydrogen (secondary N) is 2. The molecule has 1 aliphatic heterocycles. The summed E-state index contributed by atoms with van der Waals surface area (Å²) in [5, 5.41) is 6.56. The van der Waals surface area contributed by atoms with E-state index in [1.165, 1.54) is 12.0 Å². The number of para-hydroxylation sites is 1.